The first-order valence-electron chi connectivity index (χ1n) is 5.19. The first-order valence-corrected chi connectivity index (χ1v) is 6.01. The standard InChI is InChI=1S/C9H11N7S/c1-3-6-12-13-9-16(6)14-8(17-9)5-4-11-15(2)7(5)10/h4H,3,10H2,1-2H3. The van der Waals surface area contributed by atoms with Crippen LogP contribution in [0.15, 0.2) is 6.20 Å². The van der Waals surface area contributed by atoms with E-state index in [-0.39, 0.29) is 0 Å². The molecule has 3 aromatic heterocycles. The average Bonchev–Trinajstić information content (AvgIpc) is 2.95. The Morgan fingerprint density at radius 3 is 2.88 bits per heavy atom. The molecule has 0 bridgehead atoms. The quantitative estimate of drug-likeness (QED) is 0.723. The fourth-order valence-corrected chi connectivity index (χ4v) is 2.48. The van der Waals surface area contributed by atoms with Crippen molar-refractivity contribution in [3.05, 3.63) is 12.0 Å². The highest BCUT2D eigenvalue weighted by Crippen LogP contribution is 2.29. The minimum Gasteiger partial charge on any atom is -0.383 e. The molecule has 0 saturated heterocycles. The van der Waals surface area contributed by atoms with Crippen molar-refractivity contribution in [2.75, 3.05) is 5.73 Å². The number of aryl methyl sites for hydroxylation is 2. The summed E-state index contributed by atoms with van der Waals surface area (Å²) >= 11 is 1.46. The molecule has 17 heavy (non-hydrogen) atoms. The van der Waals surface area contributed by atoms with Crippen molar-refractivity contribution in [1.29, 1.82) is 0 Å². The number of nitrogens with zero attached hydrogens (tertiary/aromatic N) is 6. The van der Waals surface area contributed by atoms with Crippen molar-refractivity contribution in [3.63, 3.8) is 0 Å². The normalized spacial score (nSPS) is 11.4. The van der Waals surface area contributed by atoms with Gasteiger partial charge in [-0.15, -0.1) is 10.2 Å². The van der Waals surface area contributed by atoms with E-state index in [1.54, 1.807) is 22.4 Å². The van der Waals surface area contributed by atoms with Crippen LogP contribution in [0.3, 0.4) is 0 Å². The topological polar surface area (TPSA) is 86.9 Å². The summed E-state index contributed by atoms with van der Waals surface area (Å²) in [7, 11) is 1.80. The Labute approximate surface area is 101 Å². The maximum atomic E-state index is 5.92. The summed E-state index contributed by atoms with van der Waals surface area (Å²) in [5.41, 5.74) is 6.76. The van der Waals surface area contributed by atoms with Gasteiger partial charge in [-0.1, -0.05) is 18.3 Å². The average molecular weight is 249 g/mol. The highest BCUT2D eigenvalue weighted by atomic mass is 32.1. The number of nitrogens with two attached hydrogens (primary N) is 1. The van der Waals surface area contributed by atoms with Crippen LogP contribution in [0, 0.1) is 0 Å². The number of fused-ring (bicyclic) bond motifs is 1. The van der Waals surface area contributed by atoms with Gasteiger partial charge < -0.3 is 5.73 Å². The van der Waals surface area contributed by atoms with Gasteiger partial charge in [0, 0.05) is 13.5 Å². The maximum Gasteiger partial charge on any atom is 0.234 e. The SMILES string of the molecule is CCc1nnc2sc(-c3cnn(C)c3N)nn12. The first-order chi connectivity index (χ1) is 8.20. The molecule has 8 heteroatoms. The predicted octanol–water partition coefficient (Wildman–Crippen LogP) is 0.731. The molecule has 0 radical (unpaired) electrons. The largest absolute Gasteiger partial charge is 0.383 e. The van der Waals surface area contributed by atoms with Crippen LogP contribution in [0.5, 0.6) is 0 Å². The molecule has 0 aliphatic heterocycles. The molecule has 0 atom stereocenters. The predicted molar refractivity (Wildman–Crippen MR) is 64.7 cm³/mol. The Bertz CT molecular complexity index is 677. The van der Waals surface area contributed by atoms with Gasteiger partial charge in [0.1, 0.15) is 5.82 Å². The van der Waals surface area contributed by atoms with E-state index in [0.717, 1.165) is 27.8 Å². The van der Waals surface area contributed by atoms with Crippen molar-refractivity contribution in [1.82, 2.24) is 29.6 Å². The van der Waals surface area contributed by atoms with E-state index in [2.05, 4.69) is 20.4 Å². The lowest BCUT2D eigenvalue weighted by Crippen LogP contribution is -1.98. The Hall–Kier alpha value is -1.96. The summed E-state index contributed by atoms with van der Waals surface area (Å²) < 4.78 is 3.38. The number of hydrogen-bond donors (Lipinski definition) is 1. The molecular weight excluding hydrogens is 238 g/mol. The zero-order valence-corrected chi connectivity index (χ0v) is 10.3. The van der Waals surface area contributed by atoms with Gasteiger partial charge in [0.25, 0.3) is 0 Å². The molecular formula is C9H11N7S. The Morgan fingerprint density at radius 2 is 2.24 bits per heavy atom. The van der Waals surface area contributed by atoms with Gasteiger partial charge in [-0.3, -0.25) is 4.68 Å². The Kier molecular flexibility index (Phi) is 2.11. The lowest BCUT2D eigenvalue weighted by Gasteiger charge is -1.94. The third-order valence-electron chi connectivity index (χ3n) is 2.59. The second-order valence-corrected chi connectivity index (χ2v) is 4.59. The summed E-state index contributed by atoms with van der Waals surface area (Å²) in [5.74, 6) is 1.46. The molecule has 0 fully saturated rings. The molecule has 0 aromatic carbocycles. The number of aromatic nitrogens is 6. The third kappa shape index (κ3) is 1.41. The van der Waals surface area contributed by atoms with Gasteiger partial charge in [-0.2, -0.15) is 14.7 Å². The fourth-order valence-electron chi connectivity index (χ4n) is 1.60. The lowest BCUT2D eigenvalue weighted by molar-refractivity contribution is 0.779. The Balaban J connectivity index is 2.18. The summed E-state index contributed by atoms with van der Waals surface area (Å²) in [6.45, 7) is 2.02. The molecule has 88 valence electrons. The van der Waals surface area contributed by atoms with Gasteiger partial charge in [-0.05, 0) is 0 Å². The van der Waals surface area contributed by atoms with E-state index >= 15 is 0 Å². The van der Waals surface area contributed by atoms with Crippen LogP contribution < -0.4 is 5.73 Å². The van der Waals surface area contributed by atoms with Crippen LogP contribution in [-0.2, 0) is 13.5 Å². The van der Waals surface area contributed by atoms with E-state index in [1.807, 2.05) is 6.92 Å². The number of nitrogen functional groups attached to an aromatic ring is 1. The number of rotatable bonds is 2. The van der Waals surface area contributed by atoms with Crippen LogP contribution in [0.25, 0.3) is 15.5 Å². The first kappa shape index (κ1) is 10.2. The van der Waals surface area contributed by atoms with E-state index in [1.165, 1.54) is 11.3 Å². The summed E-state index contributed by atoms with van der Waals surface area (Å²) in [5, 5.41) is 17.5. The van der Waals surface area contributed by atoms with Crippen LogP contribution >= 0.6 is 11.3 Å². The van der Waals surface area contributed by atoms with Crippen molar-refractivity contribution >= 4 is 22.1 Å². The molecule has 2 N–H and O–H groups in total. The summed E-state index contributed by atoms with van der Waals surface area (Å²) in [6, 6.07) is 0. The van der Waals surface area contributed by atoms with Gasteiger partial charge >= 0.3 is 0 Å². The van der Waals surface area contributed by atoms with E-state index in [0.29, 0.717) is 5.82 Å². The van der Waals surface area contributed by atoms with Crippen molar-refractivity contribution < 1.29 is 0 Å². The van der Waals surface area contributed by atoms with Crippen molar-refractivity contribution in [2.45, 2.75) is 13.3 Å². The van der Waals surface area contributed by atoms with Gasteiger partial charge in [0.15, 0.2) is 10.8 Å². The second kappa shape index (κ2) is 3.52. The maximum absolute atomic E-state index is 5.92. The molecule has 0 unspecified atom stereocenters. The van der Waals surface area contributed by atoms with Gasteiger partial charge in [0.05, 0.1) is 11.8 Å². The smallest absolute Gasteiger partial charge is 0.234 e. The van der Waals surface area contributed by atoms with Gasteiger partial charge in [-0.25, -0.2) is 0 Å². The fraction of sp³-hybridized carbons (Fsp3) is 0.333. The van der Waals surface area contributed by atoms with E-state index < -0.39 is 0 Å². The molecule has 0 amide bonds. The number of anilines is 1. The molecule has 0 aliphatic rings. The molecule has 0 saturated carbocycles. The molecule has 3 aromatic rings. The van der Waals surface area contributed by atoms with Crippen LogP contribution in [0.2, 0.25) is 0 Å². The highest BCUT2D eigenvalue weighted by molar-refractivity contribution is 7.19. The monoisotopic (exact) mass is 249 g/mol. The zero-order chi connectivity index (χ0) is 12.0. The van der Waals surface area contributed by atoms with E-state index in [4.69, 9.17) is 5.73 Å². The van der Waals surface area contributed by atoms with Crippen molar-refractivity contribution in [2.24, 2.45) is 7.05 Å². The Morgan fingerprint density at radius 1 is 1.41 bits per heavy atom. The molecule has 3 rings (SSSR count). The second-order valence-electron chi connectivity index (χ2n) is 3.64. The number of hydrogen-bond acceptors (Lipinski definition) is 6. The van der Waals surface area contributed by atoms with Crippen LogP contribution in [0.1, 0.15) is 12.7 Å². The third-order valence-corrected chi connectivity index (χ3v) is 3.52. The summed E-state index contributed by atoms with van der Waals surface area (Å²) in [6.07, 6.45) is 2.51. The molecule has 0 spiro atoms. The van der Waals surface area contributed by atoms with Gasteiger partial charge in [0.2, 0.25) is 4.96 Å². The molecule has 0 aliphatic carbocycles. The molecule has 3 heterocycles. The highest BCUT2D eigenvalue weighted by Gasteiger charge is 2.15. The molecule has 7 nitrogen and oxygen atoms in total. The summed E-state index contributed by atoms with van der Waals surface area (Å²) in [4.78, 5) is 0.778. The van der Waals surface area contributed by atoms with E-state index in [9.17, 15) is 0 Å². The minimum absolute atomic E-state index is 0.605. The minimum atomic E-state index is 0.605. The lowest BCUT2D eigenvalue weighted by atomic mass is 10.3. The zero-order valence-electron chi connectivity index (χ0n) is 9.45. The van der Waals surface area contributed by atoms with Crippen molar-refractivity contribution in [3.8, 4) is 10.6 Å². The van der Waals surface area contributed by atoms with Crippen LogP contribution in [-0.4, -0.2) is 29.6 Å². The van der Waals surface area contributed by atoms with Crippen LogP contribution in [0.4, 0.5) is 5.82 Å².